The first-order valence-corrected chi connectivity index (χ1v) is 9.64. The number of allylic oxidation sites excluding steroid dienone is 1. The number of aryl methyl sites for hydroxylation is 1. The third kappa shape index (κ3) is 3.76. The van der Waals surface area contributed by atoms with Crippen LogP contribution in [0.2, 0.25) is 0 Å². The fourth-order valence-electron chi connectivity index (χ4n) is 3.56. The quantitative estimate of drug-likeness (QED) is 0.422. The van der Waals surface area contributed by atoms with Gasteiger partial charge in [0, 0.05) is 24.3 Å². The molecule has 0 aliphatic carbocycles. The van der Waals surface area contributed by atoms with E-state index < -0.39 is 12.1 Å². The molecule has 2 aromatic carbocycles. The normalized spacial score (nSPS) is 18.8. The van der Waals surface area contributed by atoms with Gasteiger partial charge in [-0.2, -0.15) is 0 Å². The lowest BCUT2D eigenvalue weighted by atomic mass is 10.0. The Bertz CT molecular complexity index is 1030. The number of fused-ring (bicyclic) bond motifs is 1. The number of rotatable bonds is 5. The highest BCUT2D eigenvalue weighted by atomic mass is 16.6. The first-order valence-electron chi connectivity index (χ1n) is 9.64. The van der Waals surface area contributed by atoms with E-state index in [0.717, 1.165) is 6.42 Å². The number of hydrogen-bond donors (Lipinski definition) is 0. The molecule has 0 radical (unpaired) electrons. The molecule has 1 atom stereocenters. The van der Waals surface area contributed by atoms with E-state index in [9.17, 15) is 9.59 Å². The van der Waals surface area contributed by atoms with Gasteiger partial charge in [-0.05, 0) is 49.6 Å². The Balaban J connectivity index is 1.60. The van der Waals surface area contributed by atoms with Gasteiger partial charge in [0.1, 0.15) is 23.0 Å². The molecular weight excluding hydrogens is 388 g/mol. The minimum Gasteiger partial charge on any atom is -0.497 e. The molecule has 1 unspecified atom stereocenters. The van der Waals surface area contributed by atoms with Gasteiger partial charge in [0.25, 0.3) is 0 Å². The number of methoxy groups -OCH3 is 2. The summed E-state index contributed by atoms with van der Waals surface area (Å²) in [5.74, 6) is 1.37. The van der Waals surface area contributed by atoms with Crippen LogP contribution in [0.3, 0.4) is 0 Å². The number of carbonyl (C=O) groups excluding carboxylic acids is 2. The molecule has 0 spiro atoms. The molecule has 0 bridgehead atoms. The van der Waals surface area contributed by atoms with Crippen molar-refractivity contribution in [3.8, 4) is 23.0 Å². The number of hydrogen-bond acceptors (Lipinski definition) is 7. The third-order valence-corrected chi connectivity index (χ3v) is 5.08. The molecule has 2 aromatic rings. The average Bonchev–Trinajstić information content (AvgIpc) is 3.37. The predicted molar refractivity (Wildman–Crippen MR) is 108 cm³/mol. The van der Waals surface area contributed by atoms with Gasteiger partial charge in [0.05, 0.1) is 19.8 Å². The standard InChI is InChI=1S/C23H22O7/c1-13-9-16(29-23(25)17-5-4-8-28-17)12-19-21(13)22(24)20(30-19)10-14-6-7-15(26-2)11-18(14)27-3/h6-7,9-12,17H,4-5,8H2,1-3H3/b20-10-. The summed E-state index contributed by atoms with van der Waals surface area (Å²) < 4.78 is 27.2. The van der Waals surface area contributed by atoms with Crippen LogP contribution in [0, 0.1) is 6.92 Å². The molecule has 2 aliphatic rings. The Morgan fingerprint density at radius 3 is 2.67 bits per heavy atom. The highest BCUT2D eigenvalue weighted by Crippen LogP contribution is 2.38. The lowest BCUT2D eigenvalue weighted by Crippen LogP contribution is -2.24. The molecule has 0 amide bonds. The predicted octanol–water partition coefficient (Wildman–Crippen LogP) is 3.71. The van der Waals surface area contributed by atoms with Crippen LogP contribution in [0.15, 0.2) is 36.1 Å². The lowest BCUT2D eigenvalue weighted by molar-refractivity contribution is -0.144. The molecule has 0 saturated carbocycles. The lowest BCUT2D eigenvalue weighted by Gasteiger charge is -2.11. The van der Waals surface area contributed by atoms with Crippen LogP contribution in [-0.4, -0.2) is 38.7 Å². The van der Waals surface area contributed by atoms with Gasteiger partial charge in [-0.1, -0.05) is 0 Å². The zero-order valence-corrected chi connectivity index (χ0v) is 17.0. The number of ketones is 1. The summed E-state index contributed by atoms with van der Waals surface area (Å²) in [5.41, 5.74) is 1.79. The number of carbonyl (C=O) groups is 2. The molecular formula is C23H22O7. The minimum absolute atomic E-state index is 0.166. The largest absolute Gasteiger partial charge is 0.497 e. The summed E-state index contributed by atoms with van der Waals surface area (Å²) in [4.78, 5) is 25.1. The van der Waals surface area contributed by atoms with Crippen molar-refractivity contribution < 1.29 is 33.3 Å². The third-order valence-electron chi connectivity index (χ3n) is 5.08. The molecule has 30 heavy (non-hydrogen) atoms. The monoisotopic (exact) mass is 410 g/mol. The summed E-state index contributed by atoms with van der Waals surface area (Å²) >= 11 is 0. The Kier molecular flexibility index (Phi) is 5.46. The number of ether oxygens (including phenoxy) is 5. The van der Waals surface area contributed by atoms with Crippen molar-refractivity contribution in [2.75, 3.05) is 20.8 Å². The SMILES string of the molecule is COc1ccc(/C=C2\Oc3cc(OC(=O)C4CCCO4)cc(C)c3C2=O)c(OC)c1. The first-order chi connectivity index (χ1) is 14.5. The van der Waals surface area contributed by atoms with E-state index >= 15 is 0 Å². The molecule has 0 aromatic heterocycles. The van der Waals surface area contributed by atoms with Crippen LogP contribution in [0.5, 0.6) is 23.0 Å². The minimum atomic E-state index is -0.542. The Morgan fingerprint density at radius 2 is 1.97 bits per heavy atom. The summed E-state index contributed by atoms with van der Waals surface area (Å²) in [6, 6.07) is 8.50. The molecule has 7 nitrogen and oxygen atoms in total. The van der Waals surface area contributed by atoms with Crippen LogP contribution >= 0.6 is 0 Å². The van der Waals surface area contributed by atoms with Gasteiger partial charge >= 0.3 is 5.97 Å². The van der Waals surface area contributed by atoms with Gasteiger partial charge in [0.2, 0.25) is 5.78 Å². The fourth-order valence-corrected chi connectivity index (χ4v) is 3.56. The highest BCUT2D eigenvalue weighted by molar-refractivity contribution is 6.15. The fraction of sp³-hybridized carbons (Fsp3) is 0.304. The number of esters is 1. The molecule has 1 saturated heterocycles. The molecule has 2 heterocycles. The topological polar surface area (TPSA) is 80.3 Å². The summed E-state index contributed by atoms with van der Waals surface area (Å²) in [5, 5.41) is 0. The van der Waals surface area contributed by atoms with Gasteiger partial charge in [-0.3, -0.25) is 4.79 Å². The molecule has 0 N–H and O–H groups in total. The molecule has 4 rings (SSSR count). The van der Waals surface area contributed by atoms with E-state index in [4.69, 9.17) is 23.7 Å². The molecule has 1 fully saturated rings. The van der Waals surface area contributed by atoms with E-state index in [0.29, 0.717) is 52.7 Å². The van der Waals surface area contributed by atoms with E-state index in [-0.39, 0.29) is 11.5 Å². The van der Waals surface area contributed by atoms with Crippen molar-refractivity contribution in [1.29, 1.82) is 0 Å². The van der Waals surface area contributed by atoms with Crippen molar-refractivity contribution in [3.63, 3.8) is 0 Å². The van der Waals surface area contributed by atoms with Crippen molar-refractivity contribution in [2.45, 2.75) is 25.9 Å². The molecule has 156 valence electrons. The van der Waals surface area contributed by atoms with Crippen LogP contribution < -0.4 is 18.9 Å². The zero-order valence-electron chi connectivity index (χ0n) is 17.0. The molecule has 2 aliphatic heterocycles. The van der Waals surface area contributed by atoms with Gasteiger partial charge in [-0.15, -0.1) is 0 Å². The van der Waals surface area contributed by atoms with E-state index in [1.807, 2.05) is 0 Å². The highest BCUT2D eigenvalue weighted by Gasteiger charge is 2.31. The second kappa shape index (κ2) is 8.20. The Hall–Kier alpha value is -3.32. The van der Waals surface area contributed by atoms with Crippen LogP contribution in [-0.2, 0) is 9.53 Å². The van der Waals surface area contributed by atoms with Gasteiger partial charge < -0.3 is 23.7 Å². The van der Waals surface area contributed by atoms with Crippen molar-refractivity contribution >= 4 is 17.8 Å². The van der Waals surface area contributed by atoms with Crippen LogP contribution in [0.1, 0.15) is 34.3 Å². The maximum absolute atomic E-state index is 12.9. The number of benzene rings is 2. The first kappa shape index (κ1) is 20.0. The van der Waals surface area contributed by atoms with E-state index in [1.54, 1.807) is 57.6 Å². The second-order valence-corrected chi connectivity index (χ2v) is 7.08. The summed E-state index contributed by atoms with van der Waals surface area (Å²) in [7, 11) is 3.11. The maximum Gasteiger partial charge on any atom is 0.340 e. The average molecular weight is 410 g/mol. The molecule has 7 heteroatoms. The van der Waals surface area contributed by atoms with Gasteiger partial charge in [0.15, 0.2) is 11.9 Å². The Morgan fingerprint density at radius 1 is 1.13 bits per heavy atom. The van der Waals surface area contributed by atoms with Crippen molar-refractivity contribution in [3.05, 3.63) is 52.8 Å². The van der Waals surface area contributed by atoms with Crippen molar-refractivity contribution in [1.82, 2.24) is 0 Å². The van der Waals surface area contributed by atoms with E-state index in [1.165, 1.54) is 0 Å². The maximum atomic E-state index is 12.9. The van der Waals surface area contributed by atoms with Crippen LogP contribution in [0.25, 0.3) is 6.08 Å². The van der Waals surface area contributed by atoms with Crippen LogP contribution in [0.4, 0.5) is 0 Å². The smallest absolute Gasteiger partial charge is 0.340 e. The van der Waals surface area contributed by atoms with Gasteiger partial charge in [-0.25, -0.2) is 4.79 Å². The van der Waals surface area contributed by atoms with E-state index in [2.05, 4.69) is 0 Å². The summed E-state index contributed by atoms with van der Waals surface area (Å²) in [6.07, 6.45) is 2.56. The second-order valence-electron chi connectivity index (χ2n) is 7.08. The Labute approximate surface area is 174 Å². The zero-order chi connectivity index (χ0) is 21.3. The van der Waals surface area contributed by atoms with Crippen molar-refractivity contribution in [2.24, 2.45) is 0 Å². The summed E-state index contributed by atoms with van der Waals surface area (Å²) in [6.45, 7) is 2.34. The number of Topliss-reactive ketones (excluding diaryl/α,β-unsaturated/α-hetero) is 1.